The smallest absolute Gasteiger partial charge is 0.127 e. The molecule has 1 unspecified atom stereocenters. The van der Waals surface area contributed by atoms with E-state index >= 15 is 0 Å². The van der Waals surface area contributed by atoms with Crippen molar-refractivity contribution in [3.05, 3.63) is 155 Å². The standard InChI is InChI=1S/C43H50OP2/c1-8-43(9-2,39-29-32(3)28-38(42(5,6)7)40(39)44-30-34-21-13-10-14-22-34)45-41-33(4)20-19-23-35(41)31-46(36-24-15-11-16-25-36)37-26-17-12-18-27-37/h10-29,45H,8-9,30-31H2,1-7H3. The number of ether oxygens (including phenoxy) is 1. The quantitative estimate of drug-likeness (QED) is 0.123. The van der Waals surface area contributed by atoms with Crippen molar-refractivity contribution in [3.8, 4) is 5.75 Å². The molecule has 0 bridgehead atoms. The van der Waals surface area contributed by atoms with Crippen LogP contribution in [0, 0.1) is 13.8 Å². The van der Waals surface area contributed by atoms with Gasteiger partial charge in [0.15, 0.2) is 0 Å². The summed E-state index contributed by atoms with van der Waals surface area (Å²) in [6.45, 7) is 16.9. The highest BCUT2D eigenvalue weighted by Crippen LogP contribution is 2.53. The van der Waals surface area contributed by atoms with E-state index in [9.17, 15) is 0 Å². The predicted molar refractivity (Wildman–Crippen MR) is 205 cm³/mol. The maximum atomic E-state index is 6.93. The van der Waals surface area contributed by atoms with Crippen molar-refractivity contribution in [1.29, 1.82) is 0 Å². The van der Waals surface area contributed by atoms with Gasteiger partial charge in [-0.2, -0.15) is 0 Å². The SMILES string of the molecule is CCC(CC)(Pc1c(C)cccc1CP(c1ccccc1)c1ccccc1)c1cc(C)cc(C(C)(C)C)c1OCc1ccccc1. The average molecular weight is 645 g/mol. The molecule has 0 saturated carbocycles. The first-order valence-electron chi connectivity index (χ1n) is 16.7. The molecule has 0 amide bonds. The van der Waals surface area contributed by atoms with E-state index in [1.807, 2.05) is 0 Å². The van der Waals surface area contributed by atoms with Crippen LogP contribution in [0.2, 0.25) is 0 Å². The Labute approximate surface area is 281 Å². The van der Waals surface area contributed by atoms with Crippen molar-refractivity contribution in [1.82, 2.24) is 0 Å². The van der Waals surface area contributed by atoms with E-state index in [0.717, 1.165) is 24.8 Å². The van der Waals surface area contributed by atoms with Gasteiger partial charge in [-0.05, 0) is 72.6 Å². The van der Waals surface area contributed by atoms with Crippen LogP contribution in [0.25, 0.3) is 0 Å². The fraction of sp³-hybridized carbons (Fsp3) is 0.302. The minimum atomic E-state index is -0.544. The van der Waals surface area contributed by atoms with E-state index in [4.69, 9.17) is 4.74 Å². The molecular weight excluding hydrogens is 594 g/mol. The van der Waals surface area contributed by atoms with E-state index in [-0.39, 0.29) is 10.6 Å². The van der Waals surface area contributed by atoms with Gasteiger partial charge in [0.25, 0.3) is 0 Å². The summed E-state index contributed by atoms with van der Waals surface area (Å²) in [5.74, 6) is 1.09. The first-order chi connectivity index (χ1) is 22.1. The van der Waals surface area contributed by atoms with Crippen molar-refractivity contribution < 1.29 is 4.74 Å². The van der Waals surface area contributed by atoms with Crippen LogP contribution in [-0.2, 0) is 23.3 Å². The van der Waals surface area contributed by atoms with E-state index in [1.54, 1.807) is 0 Å². The molecule has 5 aromatic rings. The average Bonchev–Trinajstić information content (AvgIpc) is 3.07. The molecule has 3 heteroatoms. The Bertz CT molecular complexity index is 1660. The lowest BCUT2D eigenvalue weighted by atomic mass is 9.80. The summed E-state index contributed by atoms with van der Waals surface area (Å²) in [7, 11) is 0.0859. The van der Waals surface area contributed by atoms with E-state index in [0.29, 0.717) is 15.2 Å². The molecule has 0 radical (unpaired) electrons. The van der Waals surface area contributed by atoms with Gasteiger partial charge in [-0.15, -0.1) is 0 Å². The van der Waals surface area contributed by atoms with Gasteiger partial charge in [-0.25, -0.2) is 0 Å². The number of hydrogen-bond acceptors (Lipinski definition) is 1. The molecule has 238 valence electrons. The van der Waals surface area contributed by atoms with Gasteiger partial charge in [0.2, 0.25) is 0 Å². The third kappa shape index (κ3) is 7.82. The molecule has 46 heavy (non-hydrogen) atoms. The van der Waals surface area contributed by atoms with Crippen LogP contribution in [0.15, 0.2) is 121 Å². The lowest BCUT2D eigenvalue weighted by molar-refractivity contribution is 0.289. The summed E-state index contributed by atoms with van der Waals surface area (Å²) >= 11 is 0. The molecular formula is C43H50OP2. The first-order valence-corrected chi connectivity index (χ1v) is 19.2. The highest BCUT2D eigenvalue weighted by molar-refractivity contribution is 7.72. The Morgan fingerprint density at radius 3 is 1.74 bits per heavy atom. The summed E-state index contributed by atoms with van der Waals surface area (Å²) in [6.07, 6.45) is 3.14. The predicted octanol–water partition coefficient (Wildman–Crippen LogP) is 10.8. The monoisotopic (exact) mass is 644 g/mol. The zero-order chi connectivity index (χ0) is 32.7. The fourth-order valence-electron chi connectivity index (χ4n) is 6.44. The molecule has 5 aromatic carbocycles. The molecule has 0 heterocycles. The van der Waals surface area contributed by atoms with Crippen molar-refractivity contribution in [2.75, 3.05) is 0 Å². The van der Waals surface area contributed by atoms with Crippen LogP contribution < -0.4 is 20.7 Å². The lowest BCUT2D eigenvalue weighted by Crippen LogP contribution is -2.27. The van der Waals surface area contributed by atoms with Gasteiger partial charge in [0.1, 0.15) is 12.4 Å². The van der Waals surface area contributed by atoms with Crippen molar-refractivity contribution in [3.63, 3.8) is 0 Å². The molecule has 0 aromatic heterocycles. The van der Waals surface area contributed by atoms with Crippen LogP contribution >= 0.6 is 16.5 Å². The molecule has 0 fully saturated rings. The Morgan fingerprint density at radius 2 is 1.20 bits per heavy atom. The largest absolute Gasteiger partial charge is 0.488 e. The van der Waals surface area contributed by atoms with Gasteiger partial charge in [0.05, 0.1) is 0 Å². The van der Waals surface area contributed by atoms with Crippen LogP contribution in [-0.4, -0.2) is 0 Å². The summed E-state index contributed by atoms with van der Waals surface area (Å²) in [5.41, 5.74) is 8.03. The zero-order valence-corrected chi connectivity index (χ0v) is 30.6. The third-order valence-electron chi connectivity index (χ3n) is 9.18. The molecule has 0 aliphatic carbocycles. The van der Waals surface area contributed by atoms with E-state index in [1.165, 1.54) is 49.3 Å². The zero-order valence-electron chi connectivity index (χ0n) is 28.7. The highest BCUT2D eigenvalue weighted by Gasteiger charge is 2.36. The van der Waals surface area contributed by atoms with Crippen LogP contribution in [0.4, 0.5) is 0 Å². The molecule has 0 spiro atoms. The Morgan fingerprint density at radius 1 is 0.652 bits per heavy atom. The lowest BCUT2D eigenvalue weighted by Gasteiger charge is -2.38. The molecule has 0 N–H and O–H groups in total. The molecule has 1 atom stereocenters. The van der Waals surface area contributed by atoms with E-state index < -0.39 is 7.92 Å². The highest BCUT2D eigenvalue weighted by atomic mass is 31.1. The minimum absolute atomic E-state index is 0.0405. The normalized spacial score (nSPS) is 12.3. The Hall–Kier alpha value is -3.24. The van der Waals surface area contributed by atoms with Gasteiger partial charge >= 0.3 is 0 Å². The maximum absolute atomic E-state index is 6.93. The number of rotatable bonds is 12. The summed E-state index contributed by atoms with van der Waals surface area (Å²) in [5, 5.41) is 4.35. The van der Waals surface area contributed by atoms with Crippen molar-refractivity contribution >= 4 is 32.4 Å². The second-order valence-electron chi connectivity index (χ2n) is 13.5. The van der Waals surface area contributed by atoms with Gasteiger partial charge in [-0.1, -0.05) is 170 Å². The van der Waals surface area contributed by atoms with Gasteiger partial charge < -0.3 is 4.74 Å². The molecule has 5 rings (SSSR count). The Kier molecular flexibility index (Phi) is 11.2. The Balaban J connectivity index is 1.62. The van der Waals surface area contributed by atoms with Crippen LogP contribution in [0.5, 0.6) is 5.75 Å². The molecule has 0 aliphatic heterocycles. The topological polar surface area (TPSA) is 9.23 Å². The number of benzene rings is 5. The summed E-state index contributed by atoms with van der Waals surface area (Å²) in [4.78, 5) is 0. The maximum Gasteiger partial charge on any atom is 0.127 e. The molecule has 0 aliphatic rings. The number of hydrogen-bond donors (Lipinski definition) is 0. The molecule has 1 nitrogen and oxygen atoms in total. The van der Waals surface area contributed by atoms with Crippen molar-refractivity contribution in [2.45, 2.75) is 84.6 Å². The van der Waals surface area contributed by atoms with Gasteiger partial charge in [0, 0.05) is 22.4 Å². The minimum Gasteiger partial charge on any atom is -0.488 e. The van der Waals surface area contributed by atoms with Crippen LogP contribution in [0.3, 0.4) is 0 Å². The van der Waals surface area contributed by atoms with E-state index in [2.05, 4.69) is 170 Å². The summed E-state index contributed by atoms with van der Waals surface area (Å²) < 4.78 is 6.93. The third-order valence-corrected chi connectivity index (χ3v) is 14.1. The van der Waals surface area contributed by atoms with Gasteiger partial charge in [-0.3, -0.25) is 0 Å². The van der Waals surface area contributed by atoms with Crippen LogP contribution in [0.1, 0.15) is 80.8 Å². The summed E-state index contributed by atoms with van der Waals surface area (Å²) in [6, 6.07) is 44.6. The second-order valence-corrected chi connectivity index (χ2v) is 17.4. The fourth-order valence-corrected chi connectivity index (χ4v) is 10.7. The second kappa shape index (κ2) is 15.1. The number of aryl methyl sites for hydroxylation is 2. The molecule has 0 saturated heterocycles. The van der Waals surface area contributed by atoms with Crippen molar-refractivity contribution in [2.24, 2.45) is 0 Å². The first kappa shape index (κ1) is 34.1.